The van der Waals surface area contributed by atoms with Crippen LogP contribution < -0.4 is 10.6 Å². The van der Waals surface area contributed by atoms with E-state index in [-0.39, 0.29) is 30.2 Å². The van der Waals surface area contributed by atoms with Gasteiger partial charge in [-0.05, 0) is 30.4 Å². The minimum absolute atomic E-state index is 0.0610. The Morgan fingerprint density at radius 2 is 2.14 bits per heavy atom. The summed E-state index contributed by atoms with van der Waals surface area (Å²) in [5.41, 5.74) is 0.428. The number of nitriles is 1. The highest BCUT2D eigenvalue weighted by atomic mass is 19.1. The summed E-state index contributed by atoms with van der Waals surface area (Å²) in [6.07, 6.45) is 1.56. The van der Waals surface area contributed by atoms with Crippen LogP contribution >= 0.6 is 0 Å². The number of carbonyl (C=O) groups is 1. The average Bonchev–Trinajstić information content (AvgIpc) is 2.50. The fraction of sp³-hybridized carbons (Fsp3) is 0.500. The third-order valence-corrected chi connectivity index (χ3v) is 3.37. The summed E-state index contributed by atoms with van der Waals surface area (Å²) in [6.45, 7) is 4.58. The van der Waals surface area contributed by atoms with Crippen LogP contribution in [0.3, 0.4) is 0 Å². The Morgan fingerprint density at radius 3 is 2.73 bits per heavy atom. The van der Waals surface area contributed by atoms with Crippen molar-refractivity contribution in [3.05, 3.63) is 35.1 Å². The van der Waals surface area contributed by atoms with Crippen LogP contribution in [0.15, 0.2) is 18.2 Å². The molecule has 0 aliphatic carbocycles. The van der Waals surface area contributed by atoms with E-state index in [0.717, 1.165) is 18.9 Å². The lowest BCUT2D eigenvalue weighted by molar-refractivity contribution is 0.148. The molecule has 0 saturated heterocycles. The summed E-state index contributed by atoms with van der Waals surface area (Å²) in [4.78, 5) is 11.6. The first-order chi connectivity index (χ1) is 10.4. The first kappa shape index (κ1) is 17.9. The minimum atomic E-state index is -0.510. The van der Waals surface area contributed by atoms with E-state index in [1.807, 2.05) is 19.9 Å². The van der Waals surface area contributed by atoms with Gasteiger partial charge in [0.25, 0.3) is 0 Å². The van der Waals surface area contributed by atoms with E-state index in [1.165, 1.54) is 12.1 Å². The van der Waals surface area contributed by atoms with Crippen LogP contribution in [0.5, 0.6) is 0 Å². The van der Waals surface area contributed by atoms with E-state index in [4.69, 9.17) is 10.4 Å². The highest BCUT2D eigenvalue weighted by Gasteiger charge is 2.15. The number of aliphatic hydroxyl groups excluding tert-OH is 1. The van der Waals surface area contributed by atoms with Gasteiger partial charge in [-0.15, -0.1) is 0 Å². The molecular formula is C16H22FN3O2. The standard InChI is InChI=1S/C16H22FN3O2/c1-16(2,11-21)6-3-7-19-15(22)20-10-13-5-4-12(9-18)8-14(13)17/h4-5,8,21H,3,6-7,10-11H2,1-2H3,(H2,19,20,22). The van der Waals surface area contributed by atoms with Crippen molar-refractivity contribution < 1.29 is 14.3 Å². The van der Waals surface area contributed by atoms with Crippen LogP contribution in [-0.2, 0) is 6.54 Å². The Morgan fingerprint density at radius 1 is 1.41 bits per heavy atom. The molecule has 0 radical (unpaired) electrons. The molecule has 0 bridgehead atoms. The molecule has 3 N–H and O–H groups in total. The number of urea groups is 1. The summed E-state index contributed by atoms with van der Waals surface area (Å²) >= 11 is 0. The van der Waals surface area contributed by atoms with Crippen molar-refractivity contribution in [1.82, 2.24) is 10.6 Å². The summed E-state index contributed by atoms with van der Waals surface area (Å²) in [5, 5.41) is 23.0. The van der Waals surface area contributed by atoms with Crippen molar-refractivity contribution >= 4 is 6.03 Å². The Labute approximate surface area is 130 Å². The number of benzene rings is 1. The number of hydrogen-bond acceptors (Lipinski definition) is 3. The van der Waals surface area contributed by atoms with Crippen molar-refractivity contribution in [3.8, 4) is 6.07 Å². The smallest absolute Gasteiger partial charge is 0.315 e. The van der Waals surface area contributed by atoms with Gasteiger partial charge in [-0.1, -0.05) is 19.9 Å². The molecule has 1 aromatic rings. The predicted molar refractivity (Wildman–Crippen MR) is 81.5 cm³/mol. The van der Waals surface area contributed by atoms with Crippen LogP contribution in [0.25, 0.3) is 0 Å². The van der Waals surface area contributed by atoms with E-state index < -0.39 is 5.82 Å². The summed E-state index contributed by atoms with van der Waals surface area (Å²) in [7, 11) is 0. The fourth-order valence-electron chi connectivity index (χ4n) is 1.85. The number of nitrogens with one attached hydrogen (secondary N) is 2. The average molecular weight is 307 g/mol. The zero-order valence-electron chi connectivity index (χ0n) is 12.9. The van der Waals surface area contributed by atoms with E-state index in [1.54, 1.807) is 0 Å². The summed E-state index contributed by atoms with van der Waals surface area (Å²) < 4.78 is 13.6. The number of carbonyl (C=O) groups excluding carboxylic acids is 1. The highest BCUT2D eigenvalue weighted by molar-refractivity contribution is 5.73. The zero-order valence-corrected chi connectivity index (χ0v) is 12.9. The molecule has 22 heavy (non-hydrogen) atoms. The van der Waals surface area contributed by atoms with Gasteiger partial charge in [0.1, 0.15) is 5.82 Å². The third kappa shape index (κ3) is 6.10. The maximum absolute atomic E-state index is 13.6. The highest BCUT2D eigenvalue weighted by Crippen LogP contribution is 2.20. The SMILES string of the molecule is CC(C)(CO)CCCNC(=O)NCc1ccc(C#N)cc1F. The molecule has 0 fully saturated rings. The molecule has 0 spiro atoms. The number of amides is 2. The van der Waals surface area contributed by atoms with Crippen molar-refractivity contribution in [2.24, 2.45) is 5.41 Å². The van der Waals surface area contributed by atoms with Crippen molar-refractivity contribution in [2.45, 2.75) is 33.2 Å². The van der Waals surface area contributed by atoms with Gasteiger partial charge < -0.3 is 15.7 Å². The second-order valence-corrected chi connectivity index (χ2v) is 5.95. The van der Waals surface area contributed by atoms with Gasteiger partial charge in [0.15, 0.2) is 0 Å². The van der Waals surface area contributed by atoms with E-state index in [9.17, 15) is 9.18 Å². The van der Waals surface area contributed by atoms with Gasteiger partial charge in [-0.2, -0.15) is 5.26 Å². The molecule has 5 nitrogen and oxygen atoms in total. The largest absolute Gasteiger partial charge is 0.396 e. The van der Waals surface area contributed by atoms with E-state index in [0.29, 0.717) is 12.1 Å². The zero-order chi connectivity index (χ0) is 16.6. The molecule has 0 atom stereocenters. The number of halogens is 1. The van der Waals surface area contributed by atoms with E-state index >= 15 is 0 Å². The summed E-state index contributed by atoms with van der Waals surface area (Å²) in [5.74, 6) is -0.510. The Balaban J connectivity index is 2.31. The first-order valence-corrected chi connectivity index (χ1v) is 7.19. The molecule has 0 aliphatic heterocycles. The van der Waals surface area contributed by atoms with Gasteiger partial charge in [0.05, 0.1) is 11.6 Å². The molecule has 0 aliphatic rings. The number of nitrogens with zero attached hydrogens (tertiary/aromatic N) is 1. The molecular weight excluding hydrogens is 285 g/mol. The molecule has 1 aromatic carbocycles. The van der Waals surface area contributed by atoms with Gasteiger partial charge in [0, 0.05) is 25.3 Å². The van der Waals surface area contributed by atoms with Crippen molar-refractivity contribution in [2.75, 3.05) is 13.2 Å². The predicted octanol–water partition coefficient (Wildman–Crippen LogP) is 2.30. The molecule has 120 valence electrons. The monoisotopic (exact) mass is 307 g/mol. The Hall–Kier alpha value is -2.13. The third-order valence-electron chi connectivity index (χ3n) is 3.37. The minimum Gasteiger partial charge on any atom is -0.396 e. The maximum Gasteiger partial charge on any atom is 0.315 e. The van der Waals surface area contributed by atoms with Gasteiger partial charge in [-0.3, -0.25) is 0 Å². The number of rotatable bonds is 7. The second-order valence-electron chi connectivity index (χ2n) is 5.95. The summed E-state index contributed by atoms with van der Waals surface area (Å²) in [6, 6.07) is 5.62. The Bertz CT molecular complexity index is 553. The normalized spacial score (nSPS) is 10.9. The topological polar surface area (TPSA) is 85.2 Å². The molecule has 6 heteroatoms. The van der Waals surface area contributed by atoms with Gasteiger partial charge >= 0.3 is 6.03 Å². The molecule has 0 unspecified atom stereocenters. The molecule has 0 saturated carbocycles. The Kier molecular flexibility index (Phi) is 6.80. The molecule has 0 heterocycles. The lowest BCUT2D eigenvalue weighted by Gasteiger charge is -2.21. The number of hydrogen-bond donors (Lipinski definition) is 3. The molecule has 0 aromatic heterocycles. The lowest BCUT2D eigenvalue weighted by Crippen LogP contribution is -2.36. The quantitative estimate of drug-likeness (QED) is 0.676. The van der Waals surface area contributed by atoms with Gasteiger partial charge in [-0.25, -0.2) is 9.18 Å². The fourth-order valence-corrected chi connectivity index (χ4v) is 1.85. The van der Waals surface area contributed by atoms with Crippen LogP contribution in [0.2, 0.25) is 0 Å². The van der Waals surface area contributed by atoms with E-state index in [2.05, 4.69) is 10.6 Å². The van der Waals surface area contributed by atoms with Crippen LogP contribution in [0, 0.1) is 22.6 Å². The van der Waals surface area contributed by atoms with Crippen LogP contribution in [0.4, 0.5) is 9.18 Å². The lowest BCUT2D eigenvalue weighted by atomic mass is 9.89. The number of aliphatic hydroxyl groups is 1. The second kappa shape index (κ2) is 8.35. The first-order valence-electron chi connectivity index (χ1n) is 7.19. The van der Waals surface area contributed by atoms with Crippen LogP contribution in [0.1, 0.15) is 37.8 Å². The molecule has 2 amide bonds. The van der Waals surface area contributed by atoms with Gasteiger partial charge in [0.2, 0.25) is 0 Å². The maximum atomic E-state index is 13.6. The van der Waals surface area contributed by atoms with Crippen molar-refractivity contribution in [3.63, 3.8) is 0 Å². The van der Waals surface area contributed by atoms with Crippen LogP contribution in [-0.4, -0.2) is 24.3 Å². The van der Waals surface area contributed by atoms with Crippen molar-refractivity contribution in [1.29, 1.82) is 5.26 Å². The molecule has 1 rings (SSSR count).